The predicted octanol–water partition coefficient (Wildman–Crippen LogP) is 2.13. The number of benzene rings is 1. The molecule has 0 aliphatic heterocycles. The average molecular weight is 313 g/mol. The smallest absolute Gasteiger partial charge is 0.359 e. The number of carbonyl (C=O) groups excluding carboxylic acids is 2. The Balaban J connectivity index is 1.87. The van der Waals surface area contributed by atoms with E-state index < -0.39 is 5.97 Å². The lowest BCUT2D eigenvalue weighted by molar-refractivity contribution is -0.124. The van der Waals surface area contributed by atoms with Gasteiger partial charge in [-0.2, -0.15) is 0 Å². The van der Waals surface area contributed by atoms with Gasteiger partial charge in [-0.1, -0.05) is 18.2 Å². The maximum absolute atomic E-state index is 11.9. The highest BCUT2D eigenvalue weighted by Gasteiger charge is 2.14. The zero-order valence-electron chi connectivity index (χ0n) is 13.4. The van der Waals surface area contributed by atoms with Gasteiger partial charge in [-0.3, -0.25) is 9.78 Å². The molecule has 0 spiro atoms. The van der Waals surface area contributed by atoms with Crippen LogP contribution in [0.4, 0.5) is 0 Å². The van der Waals surface area contributed by atoms with E-state index >= 15 is 0 Å². The van der Waals surface area contributed by atoms with Crippen LogP contribution in [0.2, 0.25) is 0 Å². The maximum atomic E-state index is 11.9. The van der Waals surface area contributed by atoms with Crippen molar-refractivity contribution in [2.24, 2.45) is 0 Å². The molecule has 1 aromatic carbocycles. The van der Waals surface area contributed by atoms with Crippen molar-refractivity contribution in [2.45, 2.75) is 26.8 Å². The number of aromatic nitrogens is 2. The third kappa shape index (κ3) is 4.60. The highest BCUT2D eigenvalue weighted by atomic mass is 16.5. The Labute approximate surface area is 134 Å². The highest BCUT2D eigenvalue weighted by molar-refractivity contribution is 5.89. The van der Waals surface area contributed by atoms with Gasteiger partial charge in [0.2, 0.25) is 0 Å². The van der Waals surface area contributed by atoms with Gasteiger partial charge in [-0.15, -0.1) is 0 Å². The van der Waals surface area contributed by atoms with E-state index in [1.807, 2.05) is 39.0 Å². The monoisotopic (exact) mass is 313 g/mol. The lowest BCUT2D eigenvalue weighted by Crippen LogP contribution is -2.31. The molecule has 1 unspecified atom stereocenters. The molecule has 2 aromatic rings. The minimum absolute atomic E-state index is 0.0718. The average Bonchev–Trinajstić information content (AvgIpc) is 2.55. The molecule has 6 heteroatoms. The molecule has 120 valence electrons. The van der Waals surface area contributed by atoms with E-state index in [2.05, 4.69) is 15.3 Å². The Morgan fingerprint density at radius 2 is 2.00 bits per heavy atom. The molecular weight excluding hydrogens is 294 g/mol. The molecular formula is C17H19N3O3. The van der Waals surface area contributed by atoms with Gasteiger partial charge >= 0.3 is 5.97 Å². The molecule has 0 fully saturated rings. The van der Waals surface area contributed by atoms with Gasteiger partial charge in [0.1, 0.15) is 0 Å². The molecule has 1 amide bonds. The van der Waals surface area contributed by atoms with E-state index in [1.165, 1.54) is 24.2 Å². The number of hydrogen-bond acceptors (Lipinski definition) is 5. The summed E-state index contributed by atoms with van der Waals surface area (Å²) >= 11 is 0. The number of hydrogen-bond donors (Lipinski definition) is 1. The van der Waals surface area contributed by atoms with Crippen molar-refractivity contribution in [3.63, 3.8) is 0 Å². The second kappa shape index (κ2) is 7.49. The van der Waals surface area contributed by atoms with Crippen molar-refractivity contribution in [3.8, 4) is 0 Å². The SMILES string of the molecule is Cc1ccc(C(C)NC(=O)COC(=O)c2cnccn2)cc1C. The van der Waals surface area contributed by atoms with Crippen molar-refractivity contribution in [3.05, 3.63) is 59.2 Å². The summed E-state index contributed by atoms with van der Waals surface area (Å²) < 4.78 is 4.92. The van der Waals surface area contributed by atoms with Gasteiger partial charge in [0.25, 0.3) is 5.91 Å². The third-order valence-electron chi connectivity index (χ3n) is 3.52. The summed E-state index contributed by atoms with van der Waals surface area (Å²) in [7, 11) is 0. The molecule has 1 N–H and O–H groups in total. The van der Waals surface area contributed by atoms with E-state index in [9.17, 15) is 9.59 Å². The van der Waals surface area contributed by atoms with E-state index in [0.29, 0.717) is 0 Å². The number of nitrogens with zero attached hydrogens (tertiary/aromatic N) is 2. The molecule has 0 aliphatic carbocycles. The van der Waals surface area contributed by atoms with Gasteiger partial charge in [-0.25, -0.2) is 9.78 Å². The standard InChI is InChI=1S/C17H19N3O3/c1-11-4-5-14(8-12(11)2)13(3)20-16(21)10-23-17(22)15-9-18-6-7-19-15/h4-9,13H,10H2,1-3H3,(H,20,21). The van der Waals surface area contributed by atoms with E-state index in [1.54, 1.807) is 0 Å². The highest BCUT2D eigenvalue weighted by Crippen LogP contribution is 2.16. The molecule has 0 radical (unpaired) electrons. The molecule has 23 heavy (non-hydrogen) atoms. The first-order valence-corrected chi connectivity index (χ1v) is 7.27. The van der Waals surface area contributed by atoms with Crippen LogP contribution in [0.3, 0.4) is 0 Å². The van der Waals surface area contributed by atoms with Crippen LogP contribution in [0, 0.1) is 13.8 Å². The van der Waals surface area contributed by atoms with Crippen LogP contribution in [0.15, 0.2) is 36.8 Å². The first-order valence-electron chi connectivity index (χ1n) is 7.27. The molecule has 6 nitrogen and oxygen atoms in total. The van der Waals surface area contributed by atoms with E-state index in [0.717, 1.165) is 11.1 Å². The van der Waals surface area contributed by atoms with Crippen LogP contribution in [0.1, 0.15) is 40.1 Å². The van der Waals surface area contributed by atoms with Gasteiger partial charge in [0.05, 0.1) is 12.2 Å². The van der Waals surface area contributed by atoms with Crippen LogP contribution in [-0.4, -0.2) is 28.5 Å². The summed E-state index contributed by atoms with van der Waals surface area (Å²) in [6, 6.07) is 5.85. The minimum Gasteiger partial charge on any atom is -0.451 e. The summed E-state index contributed by atoms with van der Waals surface area (Å²) in [5.74, 6) is -1.04. The molecule has 1 aromatic heterocycles. The first kappa shape index (κ1) is 16.6. The Bertz CT molecular complexity index is 701. The third-order valence-corrected chi connectivity index (χ3v) is 3.52. The van der Waals surface area contributed by atoms with Crippen molar-refractivity contribution in [1.82, 2.24) is 15.3 Å². The second-order valence-corrected chi connectivity index (χ2v) is 5.30. The zero-order valence-corrected chi connectivity index (χ0v) is 13.4. The summed E-state index contributed by atoms with van der Waals surface area (Å²) in [6.45, 7) is 5.58. The fourth-order valence-electron chi connectivity index (χ4n) is 2.01. The Hall–Kier alpha value is -2.76. The van der Waals surface area contributed by atoms with Gasteiger partial charge in [0, 0.05) is 12.4 Å². The number of amides is 1. The Kier molecular flexibility index (Phi) is 5.41. The topological polar surface area (TPSA) is 81.2 Å². The van der Waals surface area contributed by atoms with Crippen LogP contribution in [-0.2, 0) is 9.53 Å². The molecule has 1 heterocycles. The van der Waals surface area contributed by atoms with Gasteiger partial charge < -0.3 is 10.1 Å². The summed E-state index contributed by atoms with van der Waals surface area (Å²) in [5.41, 5.74) is 3.44. The predicted molar refractivity (Wildman–Crippen MR) is 84.8 cm³/mol. The Morgan fingerprint density at radius 3 is 2.65 bits per heavy atom. The van der Waals surface area contributed by atoms with Crippen LogP contribution < -0.4 is 5.32 Å². The summed E-state index contributed by atoms with van der Waals surface area (Å²) in [6.07, 6.45) is 4.13. The fraction of sp³-hybridized carbons (Fsp3) is 0.294. The quantitative estimate of drug-likeness (QED) is 0.855. The lowest BCUT2D eigenvalue weighted by atomic mass is 10.0. The molecule has 0 saturated heterocycles. The van der Waals surface area contributed by atoms with Crippen LogP contribution >= 0.6 is 0 Å². The number of ether oxygens (including phenoxy) is 1. The number of esters is 1. The van der Waals surface area contributed by atoms with Crippen molar-refractivity contribution in [2.75, 3.05) is 6.61 Å². The molecule has 1 atom stereocenters. The van der Waals surface area contributed by atoms with Crippen LogP contribution in [0.25, 0.3) is 0 Å². The Morgan fingerprint density at radius 1 is 1.22 bits per heavy atom. The van der Waals surface area contributed by atoms with Gasteiger partial charge in [-0.05, 0) is 37.5 Å². The van der Waals surface area contributed by atoms with E-state index in [-0.39, 0.29) is 24.2 Å². The molecule has 0 saturated carbocycles. The van der Waals surface area contributed by atoms with Crippen molar-refractivity contribution in [1.29, 1.82) is 0 Å². The number of rotatable bonds is 5. The molecule has 0 bridgehead atoms. The zero-order chi connectivity index (χ0) is 16.8. The van der Waals surface area contributed by atoms with Crippen LogP contribution in [0.5, 0.6) is 0 Å². The number of carbonyl (C=O) groups is 2. The fourth-order valence-corrected chi connectivity index (χ4v) is 2.01. The summed E-state index contributed by atoms with van der Waals surface area (Å²) in [5, 5.41) is 2.80. The van der Waals surface area contributed by atoms with Gasteiger partial charge in [0.15, 0.2) is 12.3 Å². The lowest BCUT2D eigenvalue weighted by Gasteiger charge is -2.15. The second-order valence-electron chi connectivity index (χ2n) is 5.30. The normalized spacial score (nSPS) is 11.6. The first-order chi connectivity index (χ1) is 11.0. The largest absolute Gasteiger partial charge is 0.451 e. The van der Waals surface area contributed by atoms with Crippen molar-refractivity contribution < 1.29 is 14.3 Å². The molecule has 2 rings (SSSR count). The maximum Gasteiger partial charge on any atom is 0.359 e. The van der Waals surface area contributed by atoms with E-state index in [4.69, 9.17) is 4.74 Å². The van der Waals surface area contributed by atoms with Crippen molar-refractivity contribution >= 4 is 11.9 Å². The summed E-state index contributed by atoms with van der Waals surface area (Å²) in [4.78, 5) is 31.2. The number of aryl methyl sites for hydroxylation is 2. The minimum atomic E-state index is -0.674. The number of nitrogens with one attached hydrogen (secondary N) is 1. The molecule has 0 aliphatic rings.